The maximum atomic E-state index is 11.5. The molecule has 1 unspecified atom stereocenters. The molecular formula is C21H26ClNO3S. The maximum absolute atomic E-state index is 11.5. The highest BCUT2D eigenvalue weighted by Gasteiger charge is 2.23. The van der Waals surface area contributed by atoms with Gasteiger partial charge >= 0.3 is 0 Å². The van der Waals surface area contributed by atoms with E-state index in [0.29, 0.717) is 6.61 Å². The third-order valence-corrected chi connectivity index (χ3v) is 6.36. The molecule has 0 saturated carbocycles. The quantitative estimate of drug-likeness (QED) is 0.724. The van der Waals surface area contributed by atoms with Crippen molar-refractivity contribution in [1.82, 2.24) is 4.90 Å². The van der Waals surface area contributed by atoms with Crippen LogP contribution < -0.4 is 0 Å². The van der Waals surface area contributed by atoms with Crippen molar-refractivity contribution in [2.75, 3.05) is 31.7 Å². The maximum Gasteiger partial charge on any atom is 0.148 e. The number of sulfone groups is 1. The van der Waals surface area contributed by atoms with Crippen molar-refractivity contribution in [3.8, 4) is 0 Å². The smallest absolute Gasteiger partial charge is 0.148 e. The van der Waals surface area contributed by atoms with E-state index in [1.165, 1.54) is 11.8 Å². The fraction of sp³-hybridized carbons (Fsp3) is 0.429. The molecule has 1 aliphatic heterocycles. The molecule has 0 N–H and O–H groups in total. The van der Waals surface area contributed by atoms with E-state index in [1.807, 2.05) is 43.3 Å². The van der Waals surface area contributed by atoms with Crippen molar-refractivity contribution in [1.29, 1.82) is 0 Å². The minimum absolute atomic E-state index is 0.00189. The molecule has 1 fully saturated rings. The highest BCUT2D eigenvalue weighted by molar-refractivity contribution is 7.90. The summed E-state index contributed by atoms with van der Waals surface area (Å²) in [5, 5.41) is 0.744. The summed E-state index contributed by atoms with van der Waals surface area (Å²) in [4.78, 5) is 2.37. The zero-order chi connectivity index (χ0) is 19.4. The van der Waals surface area contributed by atoms with E-state index in [2.05, 4.69) is 17.0 Å². The Balaban J connectivity index is 1.62. The molecule has 0 aromatic heterocycles. The molecule has 146 valence electrons. The van der Waals surface area contributed by atoms with Gasteiger partial charge in [0.1, 0.15) is 9.84 Å². The van der Waals surface area contributed by atoms with E-state index in [1.54, 1.807) is 0 Å². The van der Waals surface area contributed by atoms with Gasteiger partial charge in [0.2, 0.25) is 0 Å². The Labute approximate surface area is 167 Å². The van der Waals surface area contributed by atoms with Gasteiger partial charge in [-0.3, -0.25) is 4.90 Å². The minimum Gasteiger partial charge on any atom is -0.371 e. The van der Waals surface area contributed by atoms with Gasteiger partial charge in [0, 0.05) is 36.5 Å². The van der Waals surface area contributed by atoms with Crippen LogP contribution in [0.25, 0.3) is 0 Å². The van der Waals surface area contributed by atoms with E-state index in [4.69, 9.17) is 16.3 Å². The summed E-state index contributed by atoms with van der Waals surface area (Å²) in [5.41, 5.74) is 3.30. The Morgan fingerprint density at radius 3 is 2.56 bits per heavy atom. The number of benzene rings is 2. The number of hydrogen-bond donors (Lipinski definition) is 0. The lowest BCUT2D eigenvalue weighted by Gasteiger charge is -2.33. The SMILES string of the molecule is C[C@@H](CS(C)(=O)=O)c1ccc(CN2CCOC(c3ccccc3Cl)C2)cc1. The predicted octanol–water partition coefficient (Wildman–Crippen LogP) is 4.06. The van der Waals surface area contributed by atoms with E-state index in [9.17, 15) is 8.42 Å². The van der Waals surface area contributed by atoms with Crippen LogP contribution in [0.2, 0.25) is 5.02 Å². The molecule has 2 aromatic rings. The van der Waals surface area contributed by atoms with Crippen LogP contribution in [0.5, 0.6) is 0 Å². The lowest BCUT2D eigenvalue weighted by Crippen LogP contribution is -2.37. The summed E-state index contributed by atoms with van der Waals surface area (Å²) < 4.78 is 28.9. The molecule has 3 rings (SSSR count). The van der Waals surface area contributed by atoms with Crippen LogP contribution in [-0.4, -0.2) is 45.0 Å². The van der Waals surface area contributed by atoms with Crippen molar-refractivity contribution in [2.24, 2.45) is 0 Å². The molecule has 1 saturated heterocycles. The van der Waals surface area contributed by atoms with Crippen molar-refractivity contribution in [3.63, 3.8) is 0 Å². The minimum atomic E-state index is -2.97. The van der Waals surface area contributed by atoms with Crippen LogP contribution in [0.1, 0.15) is 35.6 Å². The second kappa shape index (κ2) is 8.74. The van der Waals surface area contributed by atoms with E-state index >= 15 is 0 Å². The standard InChI is InChI=1S/C21H26ClNO3S/c1-16(15-27(2,24)25)18-9-7-17(8-10-18)13-23-11-12-26-21(14-23)19-5-3-4-6-20(19)22/h3-10,16,21H,11-15H2,1-2H3/t16-,21?/m0/s1. The van der Waals surface area contributed by atoms with E-state index < -0.39 is 9.84 Å². The highest BCUT2D eigenvalue weighted by atomic mass is 35.5. The molecule has 2 aromatic carbocycles. The van der Waals surface area contributed by atoms with E-state index in [-0.39, 0.29) is 17.8 Å². The zero-order valence-corrected chi connectivity index (χ0v) is 17.3. The van der Waals surface area contributed by atoms with E-state index in [0.717, 1.165) is 35.8 Å². The lowest BCUT2D eigenvalue weighted by atomic mass is 10.0. The summed E-state index contributed by atoms with van der Waals surface area (Å²) in [6.45, 7) is 5.15. The Kier molecular flexibility index (Phi) is 6.58. The average molecular weight is 408 g/mol. The molecule has 1 heterocycles. The first-order valence-electron chi connectivity index (χ1n) is 9.17. The molecule has 0 bridgehead atoms. The summed E-state index contributed by atoms with van der Waals surface area (Å²) in [5.74, 6) is 0.178. The van der Waals surface area contributed by atoms with Gasteiger partial charge in [-0.1, -0.05) is 61.0 Å². The molecule has 2 atom stereocenters. The van der Waals surface area contributed by atoms with Crippen LogP contribution in [0.15, 0.2) is 48.5 Å². The van der Waals surface area contributed by atoms with Gasteiger partial charge < -0.3 is 4.74 Å². The summed E-state index contributed by atoms with van der Waals surface area (Å²) in [7, 11) is -2.97. The number of halogens is 1. The first-order valence-corrected chi connectivity index (χ1v) is 11.6. The normalized spacial score (nSPS) is 19.7. The first-order chi connectivity index (χ1) is 12.8. The van der Waals surface area contributed by atoms with Gasteiger partial charge in [-0.05, 0) is 23.1 Å². The van der Waals surface area contributed by atoms with Gasteiger partial charge in [0.15, 0.2) is 0 Å². The number of nitrogens with zero attached hydrogens (tertiary/aromatic N) is 1. The molecule has 27 heavy (non-hydrogen) atoms. The van der Waals surface area contributed by atoms with Crippen molar-refractivity contribution >= 4 is 21.4 Å². The highest BCUT2D eigenvalue weighted by Crippen LogP contribution is 2.29. The summed E-state index contributed by atoms with van der Waals surface area (Å²) in [6.07, 6.45) is 1.27. The van der Waals surface area contributed by atoms with Crippen LogP contribution in [0, 0.1) is 0 Å². The molecule has 6 heteroatoms. The molecule has 1 aliphatic rings. The second-order valence-corrected chi connectivity index (χ2v) is 9.94. The summed E-state index contributed by atoms with van der Waals surface area (Å²) >= 11 is 6.32. The number of hydrogen-bond acceptors (Lipinski definition) is 4. The lowest BCUT2D eigenvalue weighted by molar-refractivity contribution is -0.0328. The average Bonchev–Trinajstić information content (AvgIpc) is 2.61. The third-order valence-electron chi connectivity index (χ3n) is 4.91. The topological polar surface area (TPSA) is 46.6 Å². The van der Waals surface area contributed by atoms with Crippen LogP contribution >= 0.6 is 11.6 Å². The third kappa shape index (κ3) is 5.79. The zero-order valence-electron chi connectivity index (χ0n) is 15.8. The number of morpholine rings is 1. The molecular weight excluding hydrogens is 382 g/mol. The largest absolute Gasteiger partial charge is 0.371 e. The molecule has 0 amide bonds. The van der Waals surface area contributed by atoms with Gasteiger partial charge in [-0.15, -0.1) is 0 Å². The van der Waals surface area contributed by atoms with Gasteiger partial charge in [-0.25, -0.2) is 8.42 Å². The molecule has 0 aliphatic carbocycles. The Hall–Kier alpha value is -1.40. The fourth-order valence-corrected chi connectivity index (χ4v) is 4.89. The summed E-state index contributed by atoms with van der Waals surface area (Å²) in [6, 6.07) is 16.1. The Bertz CT molecular complexity index is 867. The van der Waals surface area contributed by atoms with Crippen molar-refractivity contribution in [2.45, 2.75) is 25.5 Å². The van der Waals surface area contributed by atoms with Crippen LogP contribution in [-0.2, 0) is 21.1 Å². The van der Waals surface area contributed by atoms with Crippen molar-refractivity contribution in [3.05, 3.63) is 70.2 Å². The van der Waals surface area contributed by atoms with Crippen LogP contribution in [0.4, 0.5) is 0 Å². The number of ether oxygens (including phenoxy) is 1. The molecule has 0 spiro atoms. The van der Waals surface area contributed by atoms with Gasteiger partial charge in [0.25, 0.3) is 0 Å². The molecule has 4 nitrogen and oxygen atoms in total. The Morgan fingerprint density at radius 1 is 1.19 bits per heavy atom. The monoisotopic (exact) mass is 407 g/mol. The van der Waals surface area contributed by atoms with Gasteiger partial charge in [-0.2, -0.15) is 0 Å². The second-order valence-electron chi connectivity index (χ2n) is 7.35. The Morgan fingerprint density at radius 2 is 1.89 bits per heavy atom. The van der Waals surface area contributed by atoms with Crippen LogP contribution in [0.3, 0.4) is 0 Å². The number of rotatable bonds is 6. The first kappa shape index (κ1) is 20.3. The van der Waals surface area contributed by atoms with Crippen molar-refractivity contribution < 1.29 is 13.2 Å². The fourth-order valence-electron chi connectivity index (χ4n) is 3.53. The van der Waals surface area contributed by atoms with Gasteiger partial charge in [0.05, 0.1) is 18.5 Å². The predicted molar refractivity (Wildman–Crippen MR) is 110 cm³/mol. The molecule has 0 radical (unpaired) electrons.